The Morgan fingerprint density at radius 2 is 1.83 bits per heavy atom. The van der Waals surface area contributed by atoms with Crippen molar-refractivity contribution < 1.29 is 4.79 Å². The molecular weight excluding hydrogens is 286 g/mol. The second kappa shape index (κ2) is 8.32. The van der Waals surface area contributed by atoms with Crippen molar-refractivity contribution in [3.8, 4) is 0 Å². The van der Waals surface area contributed by atoms with Crippen LogP contribution in [-0.4, -0.2) is 28.9 Å². The van der Waals surface area contributed by atoms with E-state index in [2.05, 4.69) is 43.2 Å². The van der Waals surface area contributed by atoms with Gasteiger partial charge in [0.1, 0.15) is 0 Å². The number of carbonyl (C=O) groups excluding carboxylic acids is 1. The van der Waals surface area contributed by atoms with Crippen molar-refractivity contribution in [2.75, 3.05) is 18.4 Å². The average molecular weight is 311 g/mol. The van der Waals surface area contributed by atoms with Gasteiger partial charge in [0.05, 0.1) is 17.4 Å². The van der Waals surface area contributed by atoms with Crippen LogP contribution in [0.4, 0.5) is 11.4 Å². The SMILES string of the molecule is CCCN(CCC)C(=O)c1cncc(Nc2cccc(C)c2)c1. The van der Waals surface area contributed by atoms with Gasteiger partial charge in [-0.1, -0.05) is 26.0 Å². The second-order valence-corrected chi connectivity index (χ2v) is 5.75. The van der Waals surface area contributed by atoms with Gasteiger partial charge in [-0.25, -0.2) is 0 Å². The van der Waals surface area contributed by atoms with E-state index < -0.39 is 0 Å². The van der Waals surface area contributed by atoms with Gasteiger partial charge < -0.3 is 10.2 Å². The molecule has 1 aromatic heterocycles. The third kappa shape index (κ3) is 4.81. The van der Waals surface area contributed by atoms with Crippen molar-refractivity contribution >= 4 is 17.3 Å². The molecular formula is C19H25N3O. The minimum atomic E-state index is 0.0501. The number of benzene rings is 1. The number of hydrogen-bond donors (Lipinski definition) is 1. The van der Waals surface area contributed by atoms with Gasteiger partial charge in [0.2, 0.25) is 0 Å². The lowest BCUT2D eigenvalue weighted by Gasteiger charge is -2.21. The minimum Gasteiger partial charge on any atom is -0.354 e. The van der Waals surface area contributed by atoms with Gasteiger partial charge in [-0.2, -0.15) is 0 Å². The summed E-state index contributed by atoms with van der Waals surface area (Å²) in [5.74, 6) is 0.0501. The zero-order chi connectivity index (χ0) is 16.7. The summed E-state index contributed by atoms with van der Waals surface area (Å²) in [5.41, 5.74) is 3.64. The van der Waals surface area contributed by atoms with E-state index in [1.54, 1.807) is 12.4 Å². The molecule has 0 atom stereocenters. The van der Waals surface area contributed by atoms with Gasteiger partial charge >= 0.3 is 0 Å². The number of hydrogen-bond acceptors (Lipinski definition) is 3. The first-order valence-corrected chi connectivity index (χ1v) is 8.22. The normalized spacial score (nSPS) is 10.4. The van der Waals surface area contributed by atoms with E-state index in [0.717, 1.165) is 37.3 Å². The summed E-state index contributed by atoms with van der Waals surface area (Å²) in [5, 5.41) is 3.31. The molecule has 0 saturated heterocycles. The third-order valence-corrected chi connectivity index (χ3v) is 3.57. The average Bonchev–Trinajstić information content (AvgIpc) is 2.54. The van der Waals surface area contributed by atoms with Gasteiger partial charge in [0, 0.05) is 25.0 Å². The summed E-state index contributed by atoms with van der Waals surface area (Å²) < 4.78 is 0. The highest BCUT2D eigenvalue weighted by molar-refractivity contribution is 5.94. The summed E-state index contributed by atoms with van der Waals surface area (Å²) in [6.07, 6.45) is 5.30. The monoisotopic (exact) mass is 311 g/mol. The van der Waals surface area contributed by atoms with Crippen LogP contribution in [0.3, 0.4) is 0 Å². The van der Waals surface area contributed by atoms with Gasteiger partial charge in [0.25, 0.3) is 5.91 Å². The van der Waals surface area contributed by atoms with Crippen LogP contribution in [0.5, 0.6) is 0 Å². The fraction of sp³-hybridized carbons (Fsp3) is 0.368. The van der Waals surface area contributed by atoms with Crippen molar-refractivity contribution in [3.05, 3.63) is 53.9 Å². The van der Waals surface area contributed by atoms with Crippen LogP contribution in [0.15, 0.2) is 42.7 Å². The van der Waals surface area contributed by atoms with Crippen LogP contribution in [0.2, 0.25) is 0 Å². The molecule has 1 aromatic carbocycles. The molecule has 23 heavy (non-hydrogen) atoms. The Hall–Kier alpha value is -2.36. The molecule has 0 radical (unpaired) electrons. The number of aryl methyl sites for hydroxylation is 1. The Kier molecular flexibility index (Phi) is 6.15. The molecule has 0 bridgehead atoms. The number of aromatic nitrogens is 1. The lowest BCUT2D eigenvalue weighted by atomic mass is 10.2. The minimum absolute atomic E-state index is 0.0501. The number of pyridine rings is 1. The summed E-state index contributed by atoms with van der Waals surface area (Å²) in [6, 6.07) is 9.99. The fourth-order valence-corrected chi connectivity index (χ4v) is 2.55. The lowest BCUT2D eigenvalue weighted by molar-refractivity contribution is 0.0755. The predicted octanol–water partition coefficient (Wildman–Crippen LogP) is 4.40. The molecule has 0 unspecified atom stereocenters. The lowest BCUT2D eigenvalue weighted by Crippen LogP contribution is -2.32. The van der Waals surface area contributed by atoms with Gasteiger partial charge in [-0.3, -0.25) is 9.78 Å². The summed E-state index contributed by atoms with van der Waals surface area (Å²) in [7, 11) is 0. The first kappa shape index (κ1) is 17.0. The smallest absolute Gasteiger partial charge is 0.255 e. The third-order valence-electron chi connectivity index (χ3n) is 3.57. The molecule has 0 aliphatic carbocycles. The van der Waals surface area contributed by atoms with Crippen LogP contribution >= 0.6 is 0 Å². The molecule has 0 spiro atoms. The maximum Gasteiger partial charge on any atom is 0.255 e. The number of carbonyl (C=O) groups is 1. The molecule has 1 N–H and O–H groups in total. The topological polar surface area (TPSA) is 45.2 Å². The van der Waals surface area contributed by atoms with Crippen LogP contribution < -0.4 is 5.32 Å². The highest BCUT2D eigenvalue weighted by atomic mass is 16.2. The van der Waals surface area contributed by atoms with Crippen molar-refractivity contribution in [1.82, 2.24) is 9.88 Å². The summed E-state index contributed by atoms with van der Waals surface area (Å²) in [6.45, 7) is 7.79. The maximum atomic E-state index is 12.6. The summed E-state index contributed by atoms with van der Waals surface area (Å²) >= 11 is 0. The molecule has 1 amide bonds. The molecule has 0 aliphatic rings. The van der Waals surface area contributed by atoms with Gasteiger partial charge in [-0.15, -0.1) is 0 Å². The Morgan fingerprint density at radius 1 is 1.09 bits per heavy atom. The zero-order valence-electron chi connectivity index (χ0n) is 14.2. The molecule has 4 heteroatoms. The predicted molar refractivity (Wildman–Crippen MR) is 95.2 cm³/mol. The fourth-order valence-electron chi connectivity index (χ4n) is 2.55. The van der Waals surface area contributed by atoms with E-state index in [4.69, 9.17) is 0 Å². The standard InChI is InChI=1S/C19H25N3O/c1-4-9-22(10-5-2)19(23)16-12-18(14-20-13-16)21-17-8-6-7-15(3)11-17/h6-8,11-14,21H,4-5,9-10H2,1-3H3. The van der Waals surface area contributed by atoms with E-state index in [1.807, 2.05) is 23.1 Å². The first-order chi connectivity index (χ1) is 11.1. The first-order valence-electron chi connectivity index (χ1n) is 8.22. The number of rotatable bonds is 7. The van der Waals surface area contributed by atoms with Crippen molar-refractivity contribution in [1.29, 1.82) is 0 Å². The number of anilines is 2. The molecule has 0 fully saturated rings. The molecule has 4 nitrogen and oxygen atoms in total. The largest absolute Gasteiger partial charge is 0.354 e. The Balaban J connectivity index is 2.16. The van der Waals surface area contributed by atoms with Crippen LogP contribution in [0.1, 0.15) is 42.6 Å². The van der Waals surface area contributed by atoms with Crippen LogP contribution in [0.25, 0.3) is 0 Å². The molecule has 0 saturated carbocycles. The Labute approximate surface area is 138 Å². The second-order valence-electron chi connectivity index (χ2n) is 5.75. The Bertz CT molecular complexity index is 649. The van der Waals surface area contributed by atoms with Crippen LogP contribution in [-0.2, 0) is 0 Å². The number of nitrogens with one attached hydrogen (secondary N) is 1. The van der Waals surface area contributed by atoms with E-state index in [1.165, 1.54) is 5.56 Å². The molecule has 0 aliphatic heterocycles. The number of amides is 1. The van der Waals surface area contributed by atoms with E-state index in [-0.39, 0.29) is 5.91 Å². The van der Waals surface area contributed by atoms with Gasteiger partial charge in [0.15, 0.2) is 0 Å². The van der Waals surface area contributed by atoms with E-state index >= 15 is 0 Å². The summed E-state index contributed by atoms with van der Waals surface area (Å²) in [4.78, 5) is 18.8. The number of nitrogens with zero attached hydrogens (tertiary/aromatic N) is 2. The zero-order valence-corrected chi connectivity index (χ0v) is 14.2. The quantitative estimate of drug-likeness (QED) is 0.824. The highest BCUT2D eigenvalue weighted by Gasteiger charge is 2.15. The highest BCUT2D eigenvalue weighted by Crippen LogP contribution is 2.18. The van der Waals surface area contributed by atoms with Crippen molar-refractivity contribution in [2.45, 2.75) is 33.6 Å². The van der Waals surface area contributed by atoms with E-state index in [9.17, 15) is 4.79 Å². The Morgan fingerprint density at radius 3 is 2.48 bits per heavy atom. The molecule has 2 aromatic rings. The molecule has 1 heterocycles. The van der Waals surface area contributed by atoms with Crippen molar-refractivity contribution in [3.63, 3.8) is 0 Å². The maximum absolute atomic E-state index is 12.6. The van der Waals surface area contributed by atoms with E-state index in [0.29, 0.717) is 5.56 Å². The van der Waals surface area contributed by atoms with Crippen molar-refractivity contribution in [2.24, 2.45) is 0 Å². The van der Waals surface area contributed by atoms with Crippen LogP contribution in [0, 0.1) is 6.92 Å². The molecule has 122 valence electrons. The van der Waals surface area contributed by atoms with Gasteiger partial charge in [-0.05, 0) is 43.5 Å². The molecule has 2 rings (SSSR count).